The molecule has 0 bridgehead atoms. The Balaban J connectivity index is 2.65. The van der Waals surface area contributed by atoms with Crippen LogP contribution in [0.2, 0.25) is 0 Å². The lowest BCUT2D eigenvalue weighted by molar-refractivity contribution is -0.137. The lowest BCUT2D eigenvalue weighted by atomic mass is 9.98. The molecule has 1 saturated carbocycles. The zero-order chi connectivity index (χ0) is 17.3. The van der Waals surface area contributed by atoms with Crippen LogP contribution in [0, 0.1) is 24.1 Å². The summed E-state index contributed by atoms with van der Waals surface area (Å²) in [6.07, 6.45) is 1.59. The second-order valence-electron chi connectivity index (χ2n) is 5.29. The van der Waals surface area contributed by atoms with Crippen LogP contribution in [0.4, 0.5) is 4.39 Å². The minimum absolute atomic E-state index is 0.0376. The average Bonchev–Trinajstić information content (AvgIpc) is 3.30. The maximum atomic E-state index is 14.1. The number of hydrogen-bond acceptors (Lipinski definition) is 4. The van der Waals surface area contributed by atoms with Gasteiger partial charge in [0.15, 0.2) is 0 Å². The summed E-state index contributed by atoms with van der Waals surface area (Å²) < 4.78 is 19.8. The number of ether oxygens (including phenoxy) is 1. The van der Waals surface area contributed by atoms with Gasteiger partial charge in [-0.05, 0) is 70.2 Å². The summed E-state index contributed by atoms with van der Waals surface area (Å²) in [7, 11) is 0. The average molecular weight is 449 g/mol. The molecule has 0 aliphatic heterocycles. The highest BCUT2D eigenvalue weighted by atomic mass is 79.9. The van der Waals surface area contributed by atoms with E-state index in [1.807, 2.05) is 0 Å². The van der Waals surface area contributed by atoms with Gasteiger partial charge in [-0.2, -0.15) is 0 Å². The molecule has 1 aliphatic carbocycles. The predicted molar refractivity (Wildman–Crippen MR) is 93.2 cm³/mol. The van der Waals surface area contributed by atoms with Crippen molar-refractivity contribution in [1.29, 1.82) is 5.41 Å². The Morgan fingerprint density at radius 2 is 2.04 bits per heavy atom. The smallest absolute Gasteiger partial charge is 0.343 e. The Labute approximate surface area is 150 Å². The van der Waals surface area contributed by atoms with Gasteiger partial charge < -0.3 is 15.3 Å². The standard InChI is InChI=1S/C16H16Br2FNO3/c1-3-23-16(22)12(14(20)8-4-5-8)15(21)11-7(2)13(19)10(18)6-9(11)17/h6,8,20-21H,3-5H2,1-2H3. The van der Waals surface area contributed by atoms with Crippen molar-refractivity contribution in [3.63, 3.8) is 0 Å². The minimum Gasteiger partial charge on any atom is -0.506 e. The molecule has 0 atom stereocenters. The topological polar surface area (TPSA) is 70.4 Å². The quantitative estimate of drug-likeness (QED) is 0.221. The molecule has 4 nitrogen and oxygen atoms in total. The van der Waals surface area contributed by atoms with E-state index in [1.54, 1.807) is 6.92 Å². The van der Waals surface area contributed by atoms with Crippen molar-refractivity contribution >= 4 is 49.3 Å². The number of aliphatic hydroxyl groups excluding tert-OH is 1. The summed E-state index contributed by atoms with van der Waals surface area (Å²) in [6, 6.07) is 1.46. The third-order valence-corrected chi connectivity index (χ3v) is 4.82. The molecule has 0 unspecified atom stereocenters. The predicted octanol–water partition coefficient (Wildman–Crippen LogP) is 4.92. The highest BCUT2D eigenvalue weighted by molar-refractivity contribution is 9.11. The fourth-order valence-electron chi connectivity index (χ4n) is 2.24. The van der Waals surface area contributed by atoms with E-state index < -0.39 is 17.5 Å². The molecule has 1 aromatic carbocycles. The fraction of sp³-hybridized carbons (Fsp3) is 0.375. The summed E-state index contributed by atoms with van der Waals surface area (Å²) >= 11 is 6.37. The van der Waals surface area contributed by atoms with Crippen LogP contribution in [0.25, 0.3) is 5.76 Å². The molecule has 0 aromatic heterocycles. The third-order valence-electron chi connectivity index (χ3n) is 3.61. The Morgan fingerprint density at radius 3 is 2.57 bits per heavy atom. The Hall–Kier alpha value is -1.21. The lowest BCUT2D eigenvalue weighted by Gasteiger charge is -2.15. The Kier molecular flexibility index (Phi) is 5.62. The molecule has 23 heavy (non-hydrogen) atoms. The molecule has 1 aliphatic rings. The second kappa shape index (κ2) is 7.13. The van der Waals surface area contributed by atoms with Crippen LogP contribution in [-0.2, 0) is 9.53 Å². The molecule has 124 valence electrons. The zero-order valence-electron chi connectivity index (χ0n) is 12.7. The van der Waals surface area contributed by atoms with E-state index in [9.17, 15) is 14.3 Å². The van der Waals surface area contributed by atoms with Gasteiger partial charge in [-0.3, -0.25) is 0 Å². The number of aliphatic hydroxyl groups is 1. The number of carbonyl (C=O) groups excluding carboxylic acids is 1. The van der Waals surface area contributed by atoms with E-state index in [0.717, 1.165) is 12.8 Å². The first-order chi connectivity index (χ1) is 10.8. The first-order valence-electron chi connectivity index (χ1n) is 7.13. The van der Waals surface area contributed by atoms with E-state index >= 15 is 0 Å². The number of halogens is 3. The molecule has 0 heterocycles. The van der Waals surface area contributed by atoms with Crippen molar-refractivity contribution in [2.75, 3.05) is 6.61 Å². The first kappa shape index (κ1) is 18.1. The van der Waals surface area contributed by atoms with Crippen LogP contribution in [0.1, 0.15) is 30.9 Å². The largest absolute Gasteiger partial charge is 0.506 e. The van der Waals surface area contributed by atoms with Gasteiger partial charge in [-0.15, -0.1) is 0 Å². The molecule has 1 aromatic rings. The van der Waals surface area contributed by atoms with Crippen molar-refractivity contribution in [1.82, 2.24) is 0 Å². The number of benzene rings is 1. The summed E-state index contributed by atoms with van der Waals surface area (Å²) in [4.78, 5) is 12.2. The van der Waals surface area contributed by atoms with Crippen LogP contribution in [0.3, 0.4) is 0 Å². The van der Waals surface area contributed by atoms with Crippen LogP contribution in [0.15, 0.2) is 20.6 Å². The number of esters is 1. The molecule has 2 N–H and O–H groups in total. The highest BCUT2D eigenvalue weighted by Gasteiger charge is 2.35. The summed E-state index contributed by atoms with van der Waals surface area (Å²) in [5.41, 5.74) is 0.170. The van der Waals surface area contributed by atoms with Crippen molar-refractivity contribution in [3.8, 4) is 0 Å². The fourth-order valence-corrected chi connectivity index (χ4v) is 3.79. The number of rotatable bonds is 5. The van der Waals surface area contributed by atoms with E-state index in [1.165, 1.54) is 13.0 Å². The molecule has 2 rings (SSSR count). The van der Waals surface area contributed by atoms with Crippen LogP contribution >= 0.6 is 31.9 Å². The molecule has 1 fully saturated rings. The Morgan fingerprint density at radius 1 is 1.43 bits per heavy atom. The van der Waals surface area contributed by atoms with Gasteiger partial charge in [-0.25, -0.2) is 9.18 Å². The van der Waals surface area contributed by atoms with E-state index in [-0.39, 0.29) is 39.4 Å². The second-order valence-corrected chi connectivity index (χ2v) is 6.99. The maximum Gasteiger partial charge on any atom is 0.343 e. The lowest BCUT2D eigenvalue weighted by Crippen LogP contribution is -2.19. The van der Waals surface area contributed by atoms with E-state index in [0.29, 0.717) is 4.47 Å². The summed E-state index contributed by atoms with van der Waals surface area (Å²) in [5.74, 6) is -1.79. The van der Waals surface area contributed by atoms with Crippen LogP contribution < -0.4 is 0 Å². The SMILES string of the molecule is CCOC(=O)C(C(=N)C1CC1)=C(O)c1c(Br)cc(Br)c(F)c1C. The van der Waals surface area contributed by atoms with Crippen LogP contribution in [0.5, 0.6) is 0 Å². The highest BCUT2D eigenvalue weighted by Crippen LogP contribution is 2.38. The van der Waals surface area contributed by atoms with Crippen molar-refractivity contribution in [2.24, 2.45) is 5.92 Å². The Bertz CT molecular complexity index is 712. The summed E-state index contributed by atoms with van der Waals surface area (Å²) in [5, 5.41) is 18.8. The molecule has 7 heteroatoms. The van der Waals surface area contributed by atoms with Gasteiger partial charge in [0.25, 0.3) is 0 Å². The van der Waals surface area contributed by atoms with Gasteiger partial charge in [-0.1, -0.05) is 0 Å². The summed E-state index contributed by atoms with van der Waals surface area (Å²) in [6.45, 7) is 3.27. The van der Waals surface area contributed by atoms with Gasteiger partial charge >= 0.3 is 5.97 Å². The first-order valence-corrected chi connectivity index (χ1v) is 8.71. The normalized spacial score (nSPS) is 15.2. The van der Waals surface area contributed by atoms with Crippen LogP contribution in [-0.4, -0.2) is 23.4 Å². The molecular formula is C16H16Br2FNO3. The van der Waals surface area contributed by atoms with Gasteiger partial charge in [0.2, 0.25) is 0 Å². The molecule has 0 amide bonds. The van der Waals surface area contributed by atoms with E-state index in [2.05, 4.69) is 31.9 Å². The van der Waals surface area contributed by atoms with Crippen molar-refractivity contribution < 1.29 is 19.0 Å². The maximum absolute atomic E-state index is 14.1. The van der Waals surface area contributed by atoms with Crippen molar-refractivity contribution in [2.45, 2.75) is 26.7 Å². The van der Waals surface area contributed by atoms with Gasteiger partial charge in [0, 0.05) is 16.0 Å². The zero-order valence-corrected chi connectivity index (χ0v) is 15.8. The van der Waals surface area contributed by atoms with E-state index in [4.69, 9.17) is 10.1 Å². The molecule has 0 radical (unpaired) electrons. The molecular weight excluding hydrogens is 433 g/mol. The minimum atomic E-state index is -0.767. The monoisotopic (exact) mass is 447 g/mol. The number of nitrogens with one attached hydrogen (secondary N) is 1. The van der Waals surface area contributed by atoms with Gasteiger partial charge in [0.1, 0.15) is 17.1 Å². The molecule has 0 spiro atoms. The third kappa shape index (κ3) is 3.66. The van der Waals surface area contributed by atoms with Gasteiger partial charge in [0.05, 0.1) is 16.8 Å². The number of hydrogen-bond donors (Lipinski definition) is 2. The molecule has 0 saturated heterocycles. The van der Waals surface area contributed by atoms with Crippen molar-refractivity contribution in [3.05, 3.63) is 37.5 Å². The number of carbonyl (C=O) groups is 1.